The second-order valence-electron chi connectivity index (χ2n) is 32.6. The summed E-state index contributed by atoms with van der Waals surface area (Å²) >= 11 is 2.95. The quantitative estimate of drug-likeness (QED) is 0.0171. The molecule has 4 aromatic rings. The van der Waals surface area contributed by atoms with Crippen LogP contribution in [0.25, 0.3) is 0 Å². The Balaban J connectivity index is 0.948. The molecule has 8 rings (SSSR count). The lowest BCUT2D eigenvalue weighted by Crippen LogP contribution is -2.44. The van der Waals surface area contributed by atoms with E-state index in [4.69, 9.17) is 71.1 Å². The van der Waals surface area contributed by atoms with Crippen LogP contribution in [0.4, 0.5) is 17.5 Å². The molecule has 41 heteroatoms. The minimum atomic E-state index is -1.16. The van der Waals surface area contributed by atoms with Crippen molar-refractivity contribution in [3.8, 4) is 17.6 Å². The average molecular weight is 1790 g/mol. The standard InChI is InChI=1S/C82H121N13O25S3/c1-11-83-64(96)22-18-13-12-17-21-60-61(26-25-56(24-23-55-19-15-14-16-20-55)115-71(103)52-109-65(97)27-30-68(100)116-57(46-84-80(2,3)4)49-112-77-74(87-121-90-77)93-33-39-106-40-34-93)63(120-73(105)54-111-67(99)29-32-70(102)118-59(48-86-82(8,9)10)51-114-79-76(89-123-92-79)95-37-43-108-44-38-95)45-62(60)119-72(104)53-110-66(98)28-31-69(101)117-58(47-85-81(5,6)7)50-113-78-75(88-122-91-78)94-35-41-107-42-36-94/h12,14-17,19-20,25-26,56-63,84-86H,11,13,18,21-24,27-54H2,1-10H3,(H,83,96)/b17-12-,26-25+/t56-,57-,58-,59-,60+,61+,62-,63+/m0/s1. The highest BCUT2D eigenvalue weighted by atomic mass is 32.1. The first-order valence-corrected chi connectivity index (χ1v) is 44.0. The zero-order valence-corrected chi connectivity index (χ0v) is 74.5. The summed E-state index contributed by atoms with van der Waals surface area (Å²) < 4.78 is 113. The van der Waals surface area contributed by atoms with Gasteiger partial charge in [0.05, 0.1) is 113 Å². The van der Waals surface area contributed by atoms with Gasteiger partial charge in [-0.1, -0.05) is 48.6 Å². The first-order chi connectivity index (χ1) is 58.9. The second kappa shape index (κ2) is 51.8. The van der Waals surface area contributed by atoms with E-state index in [0.29, 0.717) is 122 Å². The third-order valence-electron chi connectivity index (χ3n) is 19.2. The van der Waals surface area contributed by atoms with Crippen molar-refractivity contribution in [2.24, 2.45) is 11.8 Å². The van der Waals surface area contributed by atoms with Gasteiger partial charge in [0.1, 0.15) is 56.4 Å². The van der Waals surface area contributed by atoms with E-state index >= 15 is 0 Å². The molecule has 3 aromatic heterocycles. The smallest absolute Gasteiger partial charge is 0.344 e. The Morgan fingerprint density at radius 2 is 0.870 bits per heavy atom. The molecule has 4 fully saturated rings. The fraction of sp³-hybridized carbons (Fsp3) is 0.683. The van der Waals surface area contributed by atoms with Gasteiger partial charge in [-0.25, -0.2) is 14.4 Å². The molecule has 0 unspecified atom stereocenters. The summed E-state index contributed by atoms with van der Waals surface area (Å²) in [4.78, 5) is 141. The van der Waals surface area contributed by atoms with E-state index in [9.17, 15) is 47.9 Å². The molecular weight excluding hydrogens is 1660 g/mol. The molecule has 123 heavy (non-hydrogen) atoms. The predicted molar refractivity (Wildman–Crippen MR) is 450 cm³/mol. The molecule has 0 radical (unpaired) electrons. The maximum absolute atomic E-state index is 14.1. The van der Waals surface area contributed by atoms with Crippen molar-refractivity contribution in [3.63, 3.8) is 0 Å². The van der Waals surface area contributed by atoms with Crippen molar-refractivity contribution < 1.29 is 119 Å². The number of esters is 9. The van der Waals surface area contributed by atoms with Gasteiger partial charge in [-0.2, -0.15) is 13.1 Å². The third-order valence-corrected chi connectivity index (χ3v) is 20.7. The fourth-order valence-corrected chi connectivity index (χ4v) is 14.4. The van der Waals surface area contributed by atoms with Crippen LogP contribution in [0.1, 0.15) is 152 Å². The van der Waals surface area contributed by atoms with Gasteiger partial charge in [0, 0.05) is 107 Å². The number of carbonyl (C=O) groups excluding carboxylic acids is 10. The number of carbonyl (C=O) groups is 10. The minimum absolute atomic E-state index is 0.0836. The molecular formula is C82H121N13O25S3. The molecule has 8 atom stereocenters. The van der Waals surface area contributed by atoms with Crippen LogP contribution in [0.3, 0.4) is 0 Å². The van der Waals surface area contributed by atoms with Gasteiger partial charge >= 0.3 is 53.7 Å². The zero-order valence-electron chi connectivity index (χ0n) is 72.0. The van der Waals surface area contributed by atoms with Crippen LogP contribution >= 0.6 is 35.2 Å². The van der Waals surface area contributed by atoms with Crippen LogP contribution in [0.2, 0.25) is 0 Å². The lowest BCUT2D eigenvalue weighted by atomic mass is 9.89. The Morgan fingerprint density at radius 3 is 1.27 bits per heavy atom. The Labute approximate surface area is 730 Å². The number of hydrogen-bond acceptors (Lipinski definition) is 40. The third kappa shape index (κ3) is 38.3. The Hall–Kier alpha value is -9.36. The molecule has 0 spiro atoms. The first kappa shape index (κ1) is 99.1. The summed E-state index contributed by atoms with van der Waals surface area (Å²) in [6, 6.07) is 9.30. The number of ether oxygens (including phenoxy) is 15. The number of anilines is 3. The maximum atomic E-state index is 14.1. The molecule has 4 aliphatic rings. The number of amides is 1. The number of benzene rings is 1. The van der Waals surface area contributed by atoms with Gasteiger partial charge in [0.25, 0.3) is 17.6 Å². The van der Waals surface area contributed by atoms with E-state index in [0.717, 1.165) is 40.7 Å². The van der Waals surface area contributed by atoms with Crippen molar-refractivity contribution in [1.29, 1.82) is 0 Å². The molecule has 1 amide bonds. The van der Waals surface area contributed by atoms with E-state index in [1.807, 2.05) is 126 Å². The number of morpholine rings is 3. The number of aryl methyl sites for hydroxylation is 1. The van der Waals surface area contributed by atoms with Crippen molar-refractivity contribution in [2.45, 2.75) is 206 Å². The first-order valence-electron chi connectivity index (χ1n) is 41.8. The van der Waals surface area contributed by atoms with Crippen LogP contribution in [-0.2, 0) is 111 Å². The lowest BCUT2D eigenvalue weighted by Gasteiger charge is -2.27. The van der Waals surface area contributed by atoms with Crippen molar-refractivity contribution in [2.75, 3.05) is 159 Å². The van der Waals surface area contributed by atoms with E-state index in [1.165, 1.54) is 0 Å². The molecule has 0 bridgehead atoms. The minimum Gasteiger partial charge on any atom is -0.470 e. The Morgan fingerprint density at radius 1 is 0.480 bits per heavy atom. The van der Waals surface area contributed by atoms with E-state index in [2.05, 4.69) is 47.5 Å². The fourth-order valence-electron chi connectivity index (χ4n) is 12.8. The average Bonchev–Trinajstić information content (AvgIpc) is 1.66. The van der Waals surface area contributed by atoms with Gasteiger partial charge < -0.3 is 107 Å². The van der Waals surface area contributed by atoms with Gasteiger partial charge in [-0.15, -0.1) is 13.1 Å². The SMILES string of the molecule is CCNC(=O)CCC/C=C\C[C@@H]1[C@@H](/C=C/[C@H](CCc2ccccc2)OC(=O)COC(=O)CCC(=O)O[C@@H](CNC(C)(C)C)COc2nsnc2N2CCOCC2)[C@H](OC(=O)COC(=O)CCC(=O)O[C@@H](CNC(C)(C)C)COc2nsnc2N2CCOCC2)C[C@@H]1OC(=O)COC(=O)CCC(=O)O[C@@H](CNC(C)(C)C)COc1nsnc1N1CCOCC1. The normalized spacial score (nSPS) is 18.0. The van der Waals surface area contributed by atoms with Crippen LogP contribution in [0.5, 0.6) is 17.6 Å². The van der Waals surface area contributed by atoms with Gasteiger partial charge in [0.15, 0.2) is 19.8 Å². The molecule has 3 saturated heterocycles. The number of allylic oxidation sites excluding steroid dienone is 2. The highest BCUT2D eigenvalue weighted by Gasteiger charge is 2.46. The van der Waals surface area contributed by atoms with Crippen LogP contribution in [-0.4, -0.2) is 284 Å². The van der Waals surface area contributed by atoms with Crippen molar-refractivity contribution in [3.05, 3.63) is 60.2 Å². The number of hydrogen-bond donors (Lipinski definition) is 4. The highest BCUT2D eigenvalue weighted by Crippen LogP contribution is 2.41. The Bertz CT molecular complexity index is 4000. The molecule has 38 nitrogen and oxygen atoms in total. The van der Waals surface area contributed by atoms with E-state index < -0.39 is 161 Å². The largest absolute Gasteiger partial charge is 0.470 e. The number of nitrogens with zero attached hydrogens (tertiary/aromatic N) is 9. The topological polar surface area (TPSA) is 444 Å². The van der Waals surface area contributed by atoms with Crippen molar-refractivity contribution >= 4 is 112 Å². The Kier molecular flexibility index (Phi) is 41.7. The van der Waals surface area contributed by atoms with E-state index in [-0.39, 0.29) is 105 Å². The van der Waals surface area contributed by atoms with Crippen LogP contribution < -0.4 is 50.2 Å². The summed E-state index contributed by atoms with van der Waals surface area (Å²) in [5.41, 5.74) is -0.241. The zero-order chi connectivity index (χ0) is 88.6. The number of nitrogens with one attached hydrogen (secondary N) is 4. The number of aromatic nitrogens is 6. The predicted octanol–water partition coefficient (Wildman–Crippen LogP) is 5.97. The molecule has 4 N–H and O–H groups in total. The molecule has 1 aliphatic carbocycles. The molecule has 6 heterocycles. The van der Waals surface area contributed by atoms with E-state index in [1.54, 1.807) is 12.2 Å². The van der Waals surface area contributed by atoms with Crippen molar-refractivity contribution in [1.82, 2.24) is 47.5 Å². The monoisotopic (exact) mass is 1780 g/mol. The number of rotatable bonds is 51. The van der Waals surface area contributed by atoms with Crippen LogP contribution in [0.15, 0.2) is 54.6 Å². The second-order valence-corrected chi connectivity index (χ2v) is 34.2. The van der Waals surface area contributed by atoms with Crippen LogP contribution in [0, 0.1) is 11.8 Å². The van der Waals surface area contributed by atoms with Gasteiger partial charge in [0.2, 0.25) is 23.4 Å². The van der Waals surface area contributed by atoms with Gasteiger partial charge in [-0.3, -0.25) is 33.6 Å². The summed E-state index contributed by atoms with van der Waals surface area (Å²) in [5, 5.41) is 12.7. The highest BCUT2D eigenvalue weighted by molar-refractivity contribution is 7.00. The molecule has 1 aromatic carbocycles. The van der Waals surface area contributed by atoms with Gasteiger partial charge in [-0.05, 0) is 113 Å². The maximum Gasteiger partial charge on any atom is 0.344 e. The molecule has 3 aliphatic heterocycles. The summed E-state index contributed by atoms with van der Waals surface area (Å²) in [6.45, 7) is 24.0. The summed E-state index contributed by atoms with van der Waals surface area (Å²) in [6.07, 6.45) is 0.143. The molecule has 682 valence electrons. The summed E-state index contributed by atoms with van der Waals surface area (Å²) in [5.74, 6) is -7.26. The molecule has 1 saturated carbocycles. The lowest BCUT2D eigenvalue weighted by molar-refractivity contribution is -0.165. The summed E-state index contributed by atoms with van der Waals surface area (Å²) in [7, 11) is 0. The number of unbranched alkanes of at least 4 members (excludes halogenated alkanes) is 1.